The SMILES string of the molecule is C#CNCCCC(=O)O. The van der Waals surface area contributed by atoms with E-state index in [1.54, 1.807) is 0 Å². The van der Waals surface area contributed by atoms with Crippen molar-refractivity contribution < 1.29 is 9.90 Å². The Bertz CT molecular complexity index is 126. The lowest BCUT2D eigenvalue weighted by Crippen LogP contribution is -2.08. The molecule has 50 valence electrons. The zero-order chi connectivity index (χ0) is 7.11. The summed E-state index contributed by atoms with van der Waals surface area (Å²) in [5.74, 6) is -0.783. The molecule has 0 aromatic carbocycles. The van der Waals surface area contributed by atoms with Crippen molar-refractivity contribution in [2.45, 2.75) is 12.8 Å². The average Bonchev–Trinajstić information content (AvgIpc) is 1.80. The minimum atomic E-state index is -0.783. The summed E-state index contributed by atoms with van der Waals surface area (Å²) in [6.45, 7) is 0.572. The number of carboxylic acid groups (broad SMARTS) is 1. The maximum atomic E-state index is 9.88. The van der Waals surface area contributed by atoms with E-state index >= 15 is 0 Å². The molecule has 0 heterocycles. The van der Waals surface area contributed by atoms with E-state index in [1.807, 2.05) is 0 Å². The number of hydrogen-bond donors (Lipinski definition) is 2. The van der Waals surface area contributed by atoms with E-state index in [1.165, 1.54) is 0 Å². The van der Waals surface area contributed by atoms with Crippen molar-refractivity contribution in [3.8, 4) is 12.5 Å². The fraction of sp³-hybridized carbons (Fsp3) is 0.500. The van der Waals surface area contributed by atoms with E-state index in [2.05, 4.69) is 11.4 Å². The summed E-state index contributed by atoms with van der Waals surface area (Å²) in [5, 5.41) is 10.7. The van der Waals surface area contributed by atoms with Crippen molar-refractivity contribution in [3.05, 3.63) is 0 Å². The molecule has 0 amide bonds. The minimum absolute atomic E-state index is 0.175. The number of carboxylic acids is 1. The fourth-order valence-corrected chi connectivity index (χ4v) is 0.400. The number of nitrogens with one attached hydrogen (secondary N) is 1. The lowest BCUT2D eigenvalue weighted by molar-refractivity contribution is -0.137. The molecule has 0 aliphatic rings. The molecule has 0 atom stereocenters. The highest BCUT2D eigenvalue weighted by Gasteiger charge is 1.93. The molecule has 3 nitrogen and oxygen atoms in total. The van der Waals surface area contributed by atoms with Crippen molar-refractivity contribution in [3.63, 3.8) is 0 Å². The van der Waals surface area contributed by atoms with Crippen LogP contribution in [0.5, 0.6) is 0 Å². The van der Waals surface area contributed by atoms with Crippen LogP contribution in [0.4, 0.5) is 0 Å². The quantitative estimate of drug-likeness (QED) is 0.318. The van der Waals surface area contributed by atoms with Crippen LogP contribution in [0.2, 0.25) is 0 Å². The van der Waals surface area contributed by atoms with Gasteiger partial charge in [-0.1, -0.05) is 6.42 Å². The van der Waals surface area contributed by atoms with Gasteiger partial charge in [0.25, 0.3) is 0 Å². The Balaban J connectivity index is 2.94. The third-order valence-corrected chi connectivity index (χ3v) is 0.794. The van der Waals surface area contributed by atoms with Gasteiger partial charge < -0.3 is 10.4 Å². The molecule has 0 aliphatic carbocycles. The highest BCUT2D eigenvalue weighted by Crippen LogP contribution is 1.84. The Kier molecular flexibility index (Phi) is 4.33. The second kappa shape index (κ2) is 4.98. The monoisotopic (exact) mass is 127 g/mol. The second-order valence-corrected chi connectivity index (χ2v) is 1.57. The zero-order valence-corrected chi connectivity index (χ0v) is 5.05. The molecule has 0 aromatic heterocycles. The van der Waals surface area contributed by atoms with Crippen LogP contribution in [0, 0.1) is 12.5 Å². The van der Waals surface area contributed by atoms with Crippen LogP contribution in [0.15, 0.2) is 0 Å². The van der Waals surface area contributed by atoms with E-state index in [0.29, 0.717) is 13.0 Å². The second-order valence-electron chi connectivity index (χ2n) is 1.57. The Morgan fingerprint density at radius 2 is 2.44 bits per heavy atom. The van der Waals surface area contributed by atoms with Gasteiger partial charge in [-0.25, -0.2) is 0 Å². The molecule has 0 rings (SSSR count). The molecule has 0 saturated heterocycles. The lowest BCUT2D eigenvalue weighted by Gasteiger charge is -1.93. The predicted molar refractivity (Wildman–Crippen MR) is 33.7 cm³/mol. The van der Waals surface area contributed by atoms with Gasteiger partial charge in [0.2, 0.25) is 0 Å². The fourth-order valence-electron chi connectivity index (χ4n) is 0.400. The molecule has 3 heteroatoms. The van der Waals surface area contributed by atoms with Crippen molar-refractivity contribution >= 4 is 5.97 Å². The number of aliphatic carboxylic acids is 1. The van der Waals surface area contributed by atoms with Gasteiger partial charge >= 0.3 is 5.97 Å². The first-order valence-electron chi connectivity index (χ1n) is 2.67. The topological polar surface area (TPSA) is 49.3 Å². The van der Waals surface area contributed by atoms with Crippen LogP contribution in [0.1, 0.15) is 12.8 Å². The van der Waals surface area contributed by atoms with Crippen molar-refractivity contribution in [2.75, 3.05) is 6.54 Å². The zero-order valence-electron chi connectivity index (χ0n) is 5.05. The minimum Gasteiger partial charge on any atom is -0.481 e. The van der Waals surface area contributed by atoms with Crippen LogP contribution in [0.3, 0.4) is 0 Å². The molecule has 0 fully saturated rings. The van der Waals surface area contributed by atoms with Gasteiger partial charge in [-0.2, -0.15) is 0 Å². The van der Waals surface area contributed by atoms with Crippen LogP contribution in [0.25, 0.3) is 0 Å². The van der Waals surface area contributed by atoms with E-state index in [9.17, 15) is 4.79 Å². The van der Waals surface area contributed by atoms with Crippen molar-refractivity contribution in [2.24, 2.45) is 0 Å². The van der Waals surface area contributed by atoms with Crippen LogP contribution in [-0.4, -0.2) is 17.6 Å². The molecular weight excluding hydrogens is 118 g/mol. The van der Waals surface area contributed by atoms with Crippen LogP contribution < -0.4 is 5.32 Å². The van der Waals surface area contributed by atoms with Gasteiger partial charge in [0.15, 0.2) is 0 Å². The van der Waals surface area contributed by atoms with Gasteiger partial charge in [0.05, 0.1) is 0 Å². The van der Waals surface area contributed by atoms with Gasteiger partial charge in [0.1, 0.15) is 0 Å². The standard InChI is InChI=1S/C6H9NO2/c1-2-7-5-3-4-6(8)9/h1,7H,3-5H2,(H,8,9). The van der Waals surface area contributed by atoms with E-state index in [4.69, 9.17) is 11.5 Å². The predicted octanol–water partition coefficient (Wildman–Crippen LogP) is 0.0315. The highest BCUT2D eigenvalue weighted by molar-refractivity contribution is 5.66. The number of hydrogen-bond acceptors (Lipinski definition) is 2. The summed E-state index contributed by atoms with van der Waals surface area (Å²) in [5.41, 5.74) is 0. The molecule has 0 aliphatic heterocycles. The molecule has 9 heavy (non-hydrogen) atoms. The molecule has 0 bridgehead atoms. The summed E-state index contributed by atoms with van der Waals surface area (Å²) in [4.78, 5) is 9.88. The third-order valence-electron chi connectivity index (χ3n) is 0.794. The molecular formula is C6H9NO2. The number of terminal acetylenes is 1. The molecule has 0 spiro atoms. The summed E-state index contributed by atoms with van der Waals surface area (Å²) in [7, 11) is 0. The summed E-state index contributed by atoms with van der Waals surface area (Å²) < 4.78 is 0. The first kappa shape index (κ1) is 7.83. The maximum Gasteiger partial charge on any atom is 0.303 e. The van der Waals surface area contributed by atoms with E-state index in [-0.39, 0.29) is 6.42 Å². The normalized spacial score (nSPS) is 7.89. The molecule has 0 radical (unpaired) electrons. The highest BCUT2D eigenvalue weighted by atomic mass is 16.4. The van der Waals surface area contributed by atoms with Crippen molar-refractivity contribution in [1.82, 2.24) is 5.32 Å². The van der Waals surface area contributed by atoms with Gasteiger partial charge in [-0.05, 0) is 6.42 Å². The Labute approximate surface area is 54.1 Å². The smallest absolute Gasteiger partial charge is 0.303 e. The molecule has 2 N–H and O–H groups in total. The molecule has 0 unspecified atom stereocenters. The summed E-state index contributed by atoms with van der Waals surface area (Å²) in [6.07, 6.45) is 5.60. The lowest BCUT2D eigenvalue weighted by atomic mass is 10.3. The van der Waals surface area contributed by atoms with Gasteiger partial charge in [0, 0.05) is 19.0 Å². The first-order valence-corrected chi connectivity index (χ1v) is 2.67. The summed E-state index contributed by atoms with van der Waals surface area (Å²) >= 11 is 0. The largest absolute Gasteiger partial charge is 0.481 e. The third kappa shape index (κ3) is 6.83. The van der Waals surface area contributed by atoms with Gasteiger partial charge in [-0.3, -0.25) is 4.79 Å². The molecule has 0 saturated carbocycles. The van der Waals surface area contributed by atoms with E-state index in [0.717, 1.165) is 0 Å². The van der Waals surface area contributed by atoms with E-state index < -0.39 is 5.97 Å². The van der Waals surface area contributed by atoms with Gasteiger partial charge in [-0.15, -0.1) is 0 Å². The molecule has 0 aromatic rings. The Morgan fingerprint density at radius 3 is 2.89 bits per heavy atom. The Morgan fingerprint density at radius 1 is 1.78 bits per heavy atom. The van der Waals surface area contributed by atoms with Crippen LogP contribution in [-0.2, 0) is 4.79 Å². The first-order chi connectivity index (χ1) is 4.27. The maximum absolute atomic E-state index is 9.88. The number of carbonyl (C=O) groups is 1. The van der Waals surface area contributed by atoms with Crippen molar-refractivity contribution in [1.29, 1.82) is 0 Å². The average molecular weight is 127 g/mol. The summed E-state index contributed by atoms with van der Waals surface area (Å²) in [6, 6.07) is 2.20. The Hall–Kier alpha value is -1.17. The van der Waals surface area contributed by atoms with Crippen LogP contribution >= 0.6 is 0 Å². The number of rotatable bonds is 4.